The first kappa shape index (κ1) is 15.0. The van der Waals surface area contributed by atoms with E-state index in [0.29, 0.717) is 23.4 Å². The fourth-order valence-corrected chi connectivity index (χ4v) is 2.25. The standard InChI is InChI=1S/C14H21ClN4O/c1-3-4-5-6-7-8-9-20-13-11(2)12(15)18-14-16-10-17-19(13)14/h10H,3-9H2,1-2H3. The Morgan fingerprint density at radius 1 is 1.20 bits per heavy atom. The summed E-state index contributed by atoms with van der Waals surface area (Å²) in [6.45, 7) is 4.78. The minimum Gasteiger partial charge on any atom is -0.477 e. The van der Waals surface area contributed by atoms with Crippen LogP contribution in [0.15, 0.2) is 6.33 Å². The van der Waals surface area contributed by atoms with Gasteiger partial charge in [-0.3, -0.25) is 0 Å². The average Bonchev–Trinajstić information content (AvgIpc) is 2.89. The Kier molecular flexibility index (Phi) is 5.59. The molecule has 6 heteroatoms. The zero-order valence-corrected chi connectivity index (χ0v) is 12.9. The minimum absolute atomic E-state index is 0.420. The van der Waals surface area contributed by atoms with Gasteiger partial charge in [-0.15, -0.1) is 0 Å². The van der Waals surface area contributed by atoms with E-state index in [1.807, 2.05) is 6.92 Å². The molecule has 2 heterocycles. The Morgan fingerprint density at radius 3 is 2.75 bits per heavy atom. The number of fused-ring (bicyclic) bond motifs is 1. The number of unbranched alkanes of at least 4 members (excludes halogenated alkanes) is 5. The predicted molar refractivity (Wildman–Crippen MR) is 79.4 cm³/mol. The maximum atomic E-state index is 6.07. The molecule has 2 rings (SSSR count). The molecule has 0 aromatic carbocycles. The topological polar surface area (TPSA) is 52.3 Å². The van der Waals surface area contributed by atoms with Crippen molar-refractivity contribution in [1.82, 2.24) is 19.6 Å². The van der Waals surface area contributed by atoms with E-state index in [-0.39, 0.29) is 0 Å². The van der Waals surface area contributed by atoms with Gasteiger partial charge in [0.25, 0.3) is 5.78 Å². The van der Waals surface area contributed by atoms with E-state index >= 15 is 0 Å². The van der Waals surface area contributed by atoms with Crippen molar-refractivity contribution >= 4 is 17.4 Å². The van der Waals surface area contributed by atoms with E-state index in [2.05, 4.69) is 22.0 Å². The fraction of sp³-hybridized carbons (Fsp3) is 0.643. The van der Waals surface area contributed by atoms with Crippen LogP contribution in [0.4, 0.5) is 0 Å². The number of nitrogens with zero attached hydrogens (tertiary/aromatic N) is 4. The summed E-state index contributed by atoms with van der Waals surface area (Å²) in [5.74, 6) is 1.12. The first-order valence-electron chi connectivity index (χ1n) is 7.22. The third kappa shape index (κ3) is 3.60. The van der Waals surface area contributed by atoms with Crippen molar-refractivity contribution in [2.24, 2.45) is 0 Å². The van der Waals surface area contributed by atoms with Gasteiger partial charge in [-0.2, -0.15) is 19.6 Å². The van der Waals surface area contributed by atoms with Crippen molar-refractivity contribution in [3.8, 4) is 5.88 Å². The highest BCUT2D eigenvalue weighted by molar-refractivity contribution is 6.30. The molecule has 0 aliphatic rings. The van der Waals surface area contributed by atoms with Gasteiger partial charge in [0.2, 0.25) is 5.88 Å². The van der Waals surface area contributed by atoms with Crippen molar-refractivity contribution in [2.45, 2.75) is 52.4 Å². The lowest BCUT2D eigenvalue weighted by molar-refractivity contribution is 0.283. The van der Waals surface area contributed by atoms with Crippen LogP contribution >= 0.6 is 11.6 Å². The number of aromatic nitrogens is 4. The van der Waals surface area contributed by atoms with Gasteiger partial charge in [-0.05, 0) is 13.3 Å². The van der Waals surface area contributed by atoms with Crippen molar-refractivity contribution in [2.75, 3.05) is 6.61 Å². The molecule has 0 bridgehead atoms. The maximum absolute atomic E-state index is 6.07. The molecule has 5 nitrogen and oxygen atoms in total. The fourth-order valence-electron chi connectivity index (χ4n) is 2.09. The van der Waals surface area contributed by atoms with Crippen LogP contribution in [0.2, 0.25) is 5.15 Å². The first-order chi connectivity index (χ1) is 9.74. The van der Waals surface area contributed by atoms with Gasteiger partial charge >= 0.3 is 0 Å². The lowest BCUT2D eigenvalue weighted by atomic mass is 10.1. The normalized spacial score (nSPS) is 11.2. The number of halogens is 1. The van der Waals surface area contributed by atoms with Crippen molar-refractivity contribution < 1.29 is 4.74 Å². The van der Waals surface area contributed by atoms with Gasteiger partial charge in [0.1, 0.15) is 11.5 Å². The van der Waals surface area contributed by atoms with Crippen LogP contribution in [0.1, 0.15) is 51.0 Å². The molecule has 0 N–H and O–H groups in total. The quantitative estimate of drug-likeness (QED) is 0.549. The van der Waals surface area contributed by atoms with Crippen LogP contribution in [-0.4, -0.2) is 26.2 Å². The molecule has 20 heavy (non-hydrogen) atoms. The third-order valence-corrected chi connectivity index (χ3v) is 3.66. The second kappa shape index (κ2) is 7.43. The third-order valence-electron chi connectivity index (χ3n) is 3.29. The predicted octanol–water partition coefficient (Wildman–Crippen LogP) is 3.83. The number of ether oxygens (including phenoxy) is 1. The molecule has 0 unspecified atom stereocenters. The summed E-state index contributed by atoms with van der Waals surface area (Å²) in [4.78, 5) is 8.18. The smallest absolute Gasteiger partial charge is 0.256 e. The molecule has 0 atom stereocenters. The Labute approximate surface area is 124 Å². The van der Waals surface area contributed by atoms with Crippen LogP contribution in [0.5, 0.6) is 5.88 Å². The second-order valence-electron chi connectivity index (χ2n) is 4.92. The molecular weight excluding hydrogens is 276 g/mol. The Balaban J connectivity index is 1.89. The van der Waals surface area contributed by atoms with E-state index in [4.69, 9.17) is 16.3 Å². The van der Waals surface area contributed by atoms with Gasteiger partial charge in [0.15, 0.2) is 0 Å². The molecule has 0 radical (unpaired) electrons. The molecule has 0 saturated carbocycles. The van der Waals surface area contributed by atoms with Crippen LogP contribution in [0.3, 0.4) is 0 Å². The van der Waals surface area contributed by atoms with Crippen LogP contribution in [0.25, 0.3) is 5.78 Å². The van der Waals surface area contributed by atoms with Gasteiger partial charge in [-0.25, -0.2) is 0 Å². The van der Waals surface area contributed by atoms with Gasteiger partial charge in [0, 0.05) is 5.56 Å². The Hall–Kier alpha value is -1.36. The summed E-state index contributed by atoms with van der Waals surface area (Å²) in [6, 6.07) is 0. The van der Waals surface area contributed by atoms with Gasteiger partial charge in [0.05, 0.1) is 6.61 Å². The number of hydrogen-bond donors (Lipinski definition) is 0. The van der Waals surface area contributed by atoms with Crippen LogP contribution < -0.4 is 4.74 Å². The van der Waals surface area contributed by atoms with Gasteiger partial charge in [-0.1, -0.05) is 50.6 Å². The summed E-state index contributed by atoms with van der Waals surface area (Å²) in [6.07, 6.45) is 8.86. The molecule has 0 spiro atoms. The molecule has 2 aromatic rings. The van der Waals surface area contributed by atoms with E-state index in [9.17, 15) is 0 Å². The highest BCUT2D eigenvalue weighted by Crippen LogP contribution is 2.24. The average molecular weight is 297 g/mol. The highest BCUT2D eigenvalue weighted by atomic mass is 35.5. The Bertz CT molecular complexity index is 555. The molecular formula is C14H21ClN4O. The van der Waals surface area contributed by atoms with E-state index in [1.54, 1.807) is 4.52 Å². The largest absolute Gasteiger partial charge is 0.477 e. The monoisotopic (exact) mass is 296 g/mol. The summed E-state index contributed by atoms with van der Waals surface area (Å²) in [5, 5.41) is 4.54. The molecule has 110 valence electrons. The summed E-state index contributed by atoms with van der Waals surface area (Å²) in [7, 11) is 0. The summed E-state index contributed by atoms with van der Waals surface area (Å²) >= 11 is 6.07. The second-order valence-corrected chi connectivity index (χ2v) is 5.28. The minimum atomic E-state index is 0.420. The lowest BCUT2D eigenvalue weighted by Crippen LogP contribution is -2.06. The molecule has 0 aliphatic heterocycles. The van der Waals surface area contributed by atoms with E-state index < -0.39 is 0 Å². The number of rotatable bonds is 8. The molecule has 0 aliphatic carbocycles. The maximum Gasteiger partial charge on any atom is 0.256 e. The molecule has 0 fully saturated rings. The van der Waals surface area contributed by atoms with Gasteiger partial charge < -0.3 is 4.74 Å². The SMILES string of the molecule is CCCCCCCCOc1c(C)c(Cl)nc2ncnn12. The van der Waals surface area contributed by atoms with E-state index in [0.717, 1.165) is 12.0 Å². The van der Waals surface area contributed by atoms with Crippen molar-refractivity contribution in [3.05, 3.63) is 17.0 Å². The molecule has 0 saturated heterocycles. The van der Waals surface area contributed by atoms with Crippen LogP contribution in [0, 0.1) is 6.92 Å². The van der Waals surface area contributed by atoms with Crippen molar-refractivity contribution in [1.29, 1.82) is 0 Å². The van der Waals surface area contributed by atoms with E-state index in [1.165, 1.54) is 38.4 Å². The first-order valence-corrected chi connectivity index (χ1v) is 7.60. The molecule has 2 aromatic heterocycles. The zero-order chi connectivity index (χ0) is 14.4. The van der Waals surface area contributed by atoms with Crippen LogP contribution in [-0.2, 0) is 0 Å². The van der Waals surface area contributed by atoms with Crippen molar-refractivity contribution in [3.63, 3.8) is 0 Å². The molecule has 0 amide bonds. The number of hydrogen-bond acceptors (Lipinski definition) is 4. The summed E-state index contributed by atoms with van der Waals surface area (Å²) < 4.78 is 7.43. The highest BCUT2D eigenvalue weighted by Gasteiger charge is 2.13. The zero-order valence-electron chi connectivity index (χ0n) is 12.1. The summed E-state index contributed by atoms with van der Waals surface area (Å²) in [5.41, 5.74) is 0.802. The Morgan fingerprint density at radius 2 is 1.95 bits per heavy atom. The lowest BCUT2D eigenvalue weighted by Gasteiger charge is -2.10.